The molecule has 0 aliphatic carbocycles. The highest BCUT2D eigenvalue weighted by Gasteiger charge is 2.04. The summed E-state index contributed by atoms with van der Waals surface area (Å²) in [7, 11) is 3.35. The fraction of sp³-hybridized carbons (Fsp3) is 0.750. The van der Waals surface area contributed by atoms with E-state index in [4.69, 9.17) is 14.6 Å². The number of unbranched alkanes of at least 4 members (excludes halogenated alkanes) is 1. The molecule has 0 aromatic heterocycles. The van der Waals surface area contributed by atoms with Crippen molar-refractivity contribution in [2.24, 2.45) is 0 Å². The summed E-state index contributed by atoms with van der Waals surface area (Å²) in [5, 5.41) is 8.93. The van der Waals surface area contributed by atoms with Gasteiger partial charge in [-0.2, -0.15) is 0 Å². The lowest BCUT2D eigenvalue weighted by molar-refractivity contribution is -0.107. The monoisotopic (exact) mass is 270 g/mol. The van der Waals surface area contributed by atoms with Crippen molar-refractivity contribution >= 4 is 0 Å². The number of methoxy groups -OCH3 is 2. The number of hydrogen-bond acceptors (Lipinski definition) is 3. The van der Waals surface area contributed by atoms with Gasteiger partial charge in [-0.3, -0.25) is 0 Å². The average Bonchev–Trinajstić information content (AvgIpc) is 2.40. The number of rotatable bonds is 11. The van der Waals surface area contributed by atoms with Crippen LogP contribution in [-0.2, 0) is 9.47 Å². The largest absolute Gasteiger partial charge is 0.396 e. The number of allylic oxidation sites excluding steroid dienone is 4. The van der Waals surface area contributed by atoms with Gasteiger partial charge in [-0.1, -0.05) is 23.3 Å². The molecule has 1 N–H and O–H groups in total. The molecule has 0 aromatic carbocycles. The molecule has 0 heterocycles. The first-order valence-electron chi connectivity index (χ1n) is 7.13. The Kier molecular flexibility index (Phi) is 12.0. The first-order valence-corrected chi connectivity index (χ1v) is 7.13. The van der Waals surface area contributed by atoms with E-state index < -0.39 is 0 Å². The molecule has 0 aromatic rings. The lowest BCUT2D eigenvalue weighted by atomic mass is 10.0. The summed E-state index contributed by atoms with van der Waals surface area (Å²) < 4.78 is 10.3. The zero-order valence-electron chi connectivity index (χ0n) is 12.9. The highest BCUT2D eigenvalue weighted by atomic mass is 16.7. The summed E-state index contributed by atoms with van der Waals surface area (Å²) >= 11 is 0. The van der Waals surface area contributed by atoms with Crippen molar-refractivity contribution in [3.05, 3.63) is 23.3 Å². The second-order valence-electron chi connectivity index (χ2n) is 5.04. The molecule has 0 saturated carbocycles. The highest BCUT2D eigenvalue weighted by Crippen LogP contribution is 2.16. The molecule has 0 unspecified atom stereocenters. The van der Waals surface area contributed by atoms with Crippen molar-refractivity contribution < 1.29 is 14.6 Å². The van der Waals surface area contributed by atoms with Crippen molar-refractivity contribution in [1.82, 2.24) is 0 Å². The normalized spacial score (nSPS) is 12.0. The Labute approximate surface area is 118 Å². The van der Waals surface area contributed by atoms with Crippen LogP contribution in [0.4, 0.5) is 0 Å². The lowest BCUT2D eigenvalue weighted by Gasteiger charge is -2.13. The Hall–Kier alpha value is -0.640. The van der Waals surface area contributed by atoms with Crippen LogP contribution >= 0.6 is 0 Å². The molecule has 0 bridgehead atoms. The maximum absolute atomic E-state index is 8.93. The summed E-state index contributed by atoms with van der Waals surface area (Å²) in [5.41, 5.74) is 2.72. The maximum Gasteiger partial charge on any atom is 0.156 e. The van der Waals surface area contributed by atoms with Crippen LogP contribution in [0.5, 0.6) is 0 Å². The zero-order chi connectivity index (χ0) is 14.5. The van der Waals surface area contributed by atoms with E-state index in [1.807, 2.05) is 0 Å². The number of hydrogen-bond donors (Lipinski definition) is 1. The Morgan fingerprint density at radius 1 is 1.00 bits per heavy atom. The van der Waals surface area contributed by atoms with Crippen LogP contribution in [0.3, 0.4) is 0 Å². The minimum Gasteiger partial charge on any atom is -0.396 e. The summed E-state index contributed by atoms with van der Waals surface area (Å²) in [5.74, 6) is 0. The minimum atomic E-state index is -0.0809. The fourth-order valence-corrected chi connectivity index (χ4v) is 1.88. The summed E-state index contributed by atoms with van der Waals surface area (Å²) in [6, 6.07) is 0. The molecule has 0 aliphatic rings. The van der Waals surface area contributed by atoms with E-state index in [0.29, 0.717) is 0 Å². The van der Waals surface area contributed by atoms with Gasteiger partial charge in [-0.25, -0.2) is 0 Å². The third kappa shape index (κ3) is 10.9. The number of aliphatic hydroxyl groups excluding tert-OH is 1. The van der Waals surface area contributed by atoms with E-state index >= 15 is 0 Å². The summed E-state index contributed by atoms with van der Waals surface area (Å²) in [4.78, 5) is 0. The molecule has 3 heteroatoms. The van der Waals surface area contributed by atoms with Crippen molar-refractivity contribution in [3.63, 3.8) is 0 Å². The van der Waals surface area contributed by atoms with Gasteiger partial charge in [0.2, 0.25) is 0 Å². The number of aliphatic hydroxyl groups is 1. The molecule has 0 radical (unpaired) electrons. The molecule has 0 aliphatic heterocycles. The van der Waals surface area contributed by atoms with Crippen molar-refractivity contribution in [2.45, 2.75) is 58.7 Å². The van der Waals surface area contributed by atoms with Gasteiger partial charge in [0.05, 0.1) is 0 Å². The molecule has 0 amide bonds. The van der Waals surface area contributed by atoms with Crippen LogP contribution < -0.4 is 0 Å². The molecular formula is C16H30O3. The Morgan fingerprint density at radius 3 is 2.16 bits per heavy atom. The molecule has 19 heavy (non-hydrogen) atoms. The molecule has 0 spiro atoms. The van der Waals surface area contributed by atoms with Gasteiger partial charge >= 0.3 is 0 Å². The van der Waals surface area contributed by atoms with Crippen molar-refractivity contribution in [2.75, 3.05) is 20.8 Å². The van der Waals surface area contributed by atoms with Crippen molar-refractivity contribution in [1.29, 1.82) is 0 Å². The van der Waals surface area contributed by atoms with Crippen LogP contribution in [-0.4, -0.2) is 32.2 Å². The first-order chi connectivity index (χ1) is 9.13. The fourth-order valence-electron chi connectivity index (χ4n) is 1.88. The Bertz CT molecular complexity index is 261. The molecular weight excluding hydrogens is 240 g/mol. The van der Waals surface area contributed by atoms with Gasteiger partial charge < -0.3 is 14.6 Å². The Morgan fingerprint density at radius 2 is 1.63 bits per heavy atom. The molecule has 0 atom stereocenters. The topological polar surface area (TPSA) is 38.7 Å². The third-order valence-corrected chi connectivity index (χ3v) is 3.02. The van der Waals surface area contributed by atoms with Crippen LogP contribution in [0.25, 0.3) is 0 Å². The predicted octanol–water partition coefficient (Wildman–Crippen LogP) is 3.83. The van der Waals surface area contributed by atoms with Crippen LogP contribution in [0, 0.1) is 0 Å². The van der Waals surface area contributed by atoms with Crippen LogP contribution in [0.2, 0.25) is 0 Å². The Balaban J connectivity index is 4.05. The maximum atomic E-state index is 8.93. The first kappa shape index (κ1) is 18.4. The predicted molar refractivity (Wildman–Crippen MR) is 80.1 cm³/mol. The minimum absolute atomic E-state index is 0.0809. The van der Waals surface area contributed by atoms with Crippen LogP contribution in [0.15, 0.2) is 23.3 Å². The van der Waals surface area contributed by atoms with Gasteiger partial charge in [-0.15, -0.1) is 0 Å². The van der Waals surface area contributed by atoms with E-state index in [1.165, 1.54) is 11.1 Å². The van der Waals surface area contributed by atoms with Gasteiger partial charge in [0.25, 0.3) is 0 Å². The molecule has 0 fully saturated rings. The standard InChI is InChI=1S/C16H30O3/c1-14(2)11-12-15(9-7-13-17)8-5-6-10-16(18-3)19-4/h11-12,16-17H,5-10,13H2,1-4H3/b15-12-. The van der Waals surface area contributed by atoms with E-state index in [2.05, 4.69) is 26.0 Å². The van der Waals surface area contributed by atoms with E-state index in [0.717, 1.165) is 38.5 Å². The highest BCUT2D eigenvalue weighted by molar-refractivity contribution is 5.15. The SMILES string of the molecule is COC(CCCC/C(=C/C=C(C)C)CCCO)OC. The smallest absolute Gasteiger partial charge is 0.156 e. The van der Waals surface area contributed by atoms with E-state index in [-0.39, 0.29) is 12.9 Å². The summed E-state index contributed by atoms with van der Waals surface area (Å²) in [6.07, 6.45) is 10.4. The molecule has 3 nitrogen and oxygen atoms in total. The molecule has 0 rings (SSSR count). The molecule has 112 valence electrons. The van der Waals surface area contributed by atoms with Crippen molar-refractivity contribution in [3.8, 4) is 0 Å². The summed E-state index contributed by atoms with van der Waals surface area (Å²) in [6.45, 7) is 4.46. The third-order valence-electron chi connectivity index (χ3n) is 3.02. The van der Waals surface area contributed by atoms with Gasteiger partial charge in [0.15, 0.2) is 6.29 Å². The average molecular weight is 270 g/mol. The van der Waals surface area contributed by atoms with E-state index in [9.17, 15) is 0 Å². The second-order valence-corrected chi connectivity index (χ2v) is 5.04. The van der Waals surface area contributed by atoms with Crippen LogP contribution in [0.1, 0.15) is 52.4 Å². The zero-order valence-corrected chi connectivity index (χ0v) is 12.9. The number of ether oxygens (including phenoxy) is 2. The van der Waals surface area contributed by atoms with Gasteiger partial charge in [0, 0.05) is 20.8 Å². The lowest BCUT2D eigenvalue weighted by Crippen LogP contribution is -2.12. The molecule has 0 saturated heterocycles. The second kappa shape index (κ2) is 12.4. The van der Waals surface area contributed by atoms with Gasteiger partial charge in [-0.05, 0) is 52.4 Å². The van der Waals surface area contributed by atoms with Gasteiger partial charge in [0.1, 0.15) is 0 Å². The van der Waals surface area contributed by atoms with E-state index in [1.54, 1.807) is 14.2 Å². The quantitative estimate of drug-likeness (QED) is 0.352.